The maximum absolute atomic E-state index is 9.95. The quantitative estimate of drug-likeness (QED) is 0.840. The lowest BCUT2D eigenvalue weighted by molar-refractivity contribution is 0.158. The number of aliphatic hydroxyl groups is 1. The van der Waals surface area contributed by atoms with Crippen LogP contribution in [0.4, 0.5) is 0 Å². The number of hydrogen-bond donors (Lipinski definition) is 1. The van der Waals surface area contributed by atoms with Crippen molar-refractivity contribution in [2.45, 2.75) is 32.8 Å². The molecule has 0 saturated carbocycles. The Labute approximate surface area is 99.7 Å². The van der Waals surface area contributed by atoms with Gasteiger partial charge in [0.25, 0.3) is 0 Å². The van der Waals surface area contributed by atoms with Crippen LogP contribution in [-0.4, -0.2) is 5.11 Å². The van der Waals surface area contributed by atoms with E-state index in [0.717, 1.165) is 22.0 Å². The molecule has 1 atom stereocenters. The third-order valence-corrected chi connectivity index (χ3v) is 3.26. The van der Waals surface area contributed by atoms with E-state index in [9.17, 15) is 5.11 Å². The van der Waals surface area contributed by atoms with Crippen molar-refractivity contribution in [1.82, 2.24) is 0 Å². The zero-order valence-corrected chi connectivity index (χ0v) is 10.9. The van der Waals surface area contributed by atoms with Crippen LogP contribution in [0.1, 0.15) is 38.4 Å². The minimum absolute atomic E-state index is 0.300. The van der Waals surface area contributed by atoms with E-state index in [0.29, 0.717) is 5.92 Å². The zero-order chi connectivity index (χ0) is 10.6. The number of hydrogen-bond acceptors (Lipinski definition) is 1. The average Bonchev–Trinajstić information content (AvgIpc) is 2.15. The van der Waals surface area contributed by atoms with Crippen LogP contribution in [0.3, 0.4) is 0 Å². The Morgan fingerprint density at radius 1 is 1.21 bits per heavy atom. The van der Waals surface area contributed by atoms with Gasteiger partial charge in [-0.15, -0.1) is 0 Å². The van der Waals surface area contributed by atoms with E-state index < -0.39 is 0 Å². The van der Waals surface area contributed by atoms with Gasteiger partial charge in [0, 0.05) is 3.57 Å². The monoisotopic (exact) mass is 304 g/mol. The van der Waals surface area contributed by atoms with E-state index in [1.807, 2.05) is 24.3 Å². The first kappa shape index (κ1) is 12.0. The predicted octanol–water partition coefficient (Wildman–Crippen LogP) is 3.76. The fourth-order valence-electron chi connectivity index (χ4n) is 1.39. The second kappa shape index (κ2) is 5.71. The summed E-state index contributed by atoms with van der Waals surface area (Å²) in [5, 5.41) is 9.95. The molecule has 0 heterocycles. The Bertz CT molecular complexity index is 283. The van der Waals surface area contributed by atoms with E-state index in [-0.39, 0.29) is 6.10 Å². The summed E-state index contributed by atoms with van der Waals surface area (Å²) in [7, 11) is 0. The molecular weight excluding hydrogens is 287 g/mol. The second-order valence-electron chi connectivity index (χ2n) is 4.01. The van der Waals surface area contributed by atoms with Gasteiger partial charge in [0.2, 0.25) is 0 Å². The topological polar surface area (TPSA) is 20.2 Å². The van der Waals surface area contributed by atoms with Crippen LogP contribution >= 0.6 is 22.6 Å². The Kier molecular flexibility index (Phi) is 4.89. The Hall–Kier alpha value is -0.0900. The maximum Gasteiger partial charge on any atom is 0.0800 e. The Morgan fingerprint density at radius 2 is 1.86 bits per heavy atom. The van der Waals surface area contributed by atoms with Crippen LogP contribution in [-0.2, 0) is 0 Å². The summed E-state index contributed by atoms with van der Waals surface area (Å²) in [6, 6.07) is 8.03. The molecule has 1 aromatic carbocycles. The van der Waals surface area contributed by atoms with Crippen LogP contribution in [0, 0.1) is 9.49 Å². The summed E-state index contributed by atoms with van der Waals surface area (Å²) < 4.78 is 1.15. The third kappa shape index (κ3) is 3.58. The summed E-state index contributed by atoms with van der Waals surface area (Å²) in [5.41, 5.74) is 1.06. The molecule has 0 aliphatic heterocycles. The summed E-state index contributed by atoms with van der Waals surface area (Å²) >= 11 is 2.27. The van der Waals surface area contributed by atoms with Crippen LogP contribution in [0.25, 0.3) is 0 Å². The molecule has 0 bridgehead atoms. The first-order valence-corrected chi connectivity index (χ1v) is 6.11. The minimum atomic E-state index is -0.300. The van der Waals surface area contributed by atoms with Crippen molar-refractivity contribution in [1.29, 1.82) is 0 Å². The van der Waals surface area contributed by atoms with Crippen LogP contribution in [0.15, 0.2) is 24.3 Å². The highest BCUT2D eigenvalue weighted by Crippen LogP contribution is 2.24. The summed E-state index contributed by atoms with van der Waals surface area (Å²) in [6.45, 7) is 4.37. The van der Waals surface area contributed by atoms with Gasteiger partial charge in [0.15, 0.2) is 0 Å². The van der Waals surface area contributed by atoms with Crippen molar-refractivity contribution < 1.29 is 5.11 Å². The number of aliphatic hydroxyl groups excluding tert-OH is 1. The number of halogens is 1. The zero-order valence-electron chi connectivity index (χ0n) is 8.70. The molecule has 1 nitrogen and oxygen atoms in total. The van der Waals surface area contributed by atoms with Gasteiger partial charge in [0.05, 0.1) is 6.10 Å². The van der Waals surface area contributed by atoms with Crippen molar-refractivity contribution in [2.24, 2.45) is 5.92 Å². The molecule has 0 amide bonds. The van der Waals surface area contributed by atoms with E-state index in [2.05, 4.69) is 36.4 Å². The summed E-state index contributed by atoms with van der Waals surface area (Å²) in [5.74, 6) is 0.658. The fourth-order valence-corrected chi connectivity index (χ4v) is 2.14. The van der Waals surface area contributed by atoms with E-state index in [1.165, 1.54) is 0 Å². The Morgan fingerprint density at radius 3 is 2.43 bits per heavy atom. The molecule has 0 fully saturated rings. The Balaban J connectivity index is 2.60. The molecule has 0 aliphatic rings. The van der Waals surface area contributed by atoms with Gasteiger partial charge < -0.3 is 5.11 Å². The van der Waals surface area contributed by atoms with Crippen molar-refractivity contribution in [2.75, 3.05) is 0 Å². The molecule has 0 radical (unpaired) electrons. The molecule has 0 saturated heterocycles. The molecule has 1 rings (SSSR count). The van der Waals surface area contributed by atoms with E-state index >= 15 is 0 Å². The van der Waals surface area contributed by atoms with Gasteiger partial charge in [-0.25, -0.2) is 0 Å². The molecule has 0 spiro atoms. The summed E-state index contributed by atoms with van der Waals surface area (Å²) in [4.78, 5) is 0. The van der Waals surface area contributed by atoms with Crippen LogP contribution in [0.2, 0.25) is 0 Å². The van der Waals surface area contributed by atoms with Gasteiger partial charge in [-0.2, -0.15) is 0 Å². The largest absolute Gasteiger partial charge is 0.388 e. The summed E-state index contributed by atoms with van der Waals surface area (Å²) in [6.07, 6.45) is 1.63. The van der Waals surface area contributed by atoms with Crippen molar-refractivity contribution in [3.8, 4) is 0 Å². The molecule has 14 heavy (non-hydrogen) atoms. The second-order valence-corrected chi connectivity index (χ2v) is 5.17. The molecular formula is C12H17IO. The van der Waals surface area contributed by atoms with Crippen LogP contribution < -0.4 is 0 Å². The van der Waals surface area contributed by atoms with Crippen molar-refractivity contribution >= 4 is 22.6 Å². The highest BCUT2D eigenvalue weighted by atomic mass is 127. The molecule has 78 valence electrons. The molecule has 1 aromatic rings. The lowest BCUT2D eigenvalue weighted by atomic mass is 10.0. The molecule has 1 unspecified atom stereocenters. The van der Waals surface area contributed by atoms with E-state index in [1.54, 1.807) is 0 Å². The molecule has 1 N–H and O–H groups in total. The lowest BCUT2D eigenvalue weighted by Crippen LogP contribution is -2.01. The maximum atomic E-state index is 9.95. The predicted molar refractivity (Wildman–Crippen MR) is 68.2 cm³/mol. The highest BCUT2D eigenvalue weighted by molar-refractivity contribution is 14.1. The number of rotatable bonds is 4. The lowest BCUT2D eigenvalue weighted by Gasteiger charge is -2.13. The average molecular weight is 304 g/mol. The smallest absolute Gasteiger partial charge is 0.0800 e. The molecule has 0 aromatic heterocycles. The fraction of sp³-hybridized carbons (Fsp3) is 0.500. The minimum Gasteiger partial charge on any atom is -0.388 e. The van der Waals surface area contributed by atoms with Crippen molar-refractivity contribution in [3.05, 3.63) is 33.4 Å². The van der Waals surface area contributed by atoms with Crippen molar-refractivity contribution in [3.63, 3.8) is 0 Å². The first-order valence-electron chi connectivity index (χ1n) is 5.03. The van der Waals surface area contributed by atoms with E-state index in [4.69, 9.17) is 0 Å². The van der Waals surface area contributed by atoms with Gasteiger partial charge in [-0.1, -0.05) is 32.0 Å². The van der Waals surface area contributed by atoms with Gasteiger partial charge >= 0.3 is 0 Å². The molecule has 2 heteroatoms. The van der Waals surface area contributed by atoms with Gasteiger partial charge in [0.1, 0.15) is 0 Å². The SMILES string of the molecule is CC(C)CCC(O)c1ccccc1I. The van der Waals surface area contributed by atoms with Crippen LogP contribution in [0.5, 0.6) is 0 Å². The van der Waals surface area contributed by atoms with Gasteiger partial charge in [-0.05, 0) is 53.0 Å². The molecule has 0 aliphatic carbocycles. The number of benzene rings is 1. The third-order valence-electron chi connectivity index (χ3n) is 2.28. The highest BCUT2D eigenvalue weighted by Gasteiger charge is 2.10. The van der Waals surface area contributed by atoms with Gasteiger partial charge in [-0.3, -0.25) is 0 Å². The standard InChI is InChI=1S/C12H17IO/c1-9(2)7-8-12(14)10-5-3-4-6-11(10)13/h3-6,9,12,14H,7-8H2,1-2H3. The first-order chi connectivity index (χ1) is 6.61. The normalized spacial score (nSPS) is 13.2.